The van der Waals surface area contributed by atoms with Crippen LogP contribution in [0.5, 0.6) is 0 Å². The van der Waals surface area contributed by atoms with Gasteiger partial charge in [-0.1, -0.05) is 38.1 Å². The standard InChI is InChI=1S/C16H20FNS/c1-11(2)16(15-9-6-10-19-15)18-12(3)13-7-4-5-8-14(13)17/h4-12,16,18H,1-3H3/t12-,16?/m1/s1. The molecule has 0 radical (unpaired) electrons. The Balaban J connectivity index is 2.16. The van der Waals surface area contributed by atoms with Crippen molar-refractivity contribution >= 4 is 11.3 Å². The minimum Gasteiger partial charge on any atom is -0.302 e. The van der Waals surface area contributed by atoms with Crippen LogP contribution in [0, 0.1) is 11.7 Å². The summed E-state index contributed by atoms with van der Waals surface area (Å²) in [6.07, 6.45) is 0. The normalized spacial score (nSPS) is 14.6. The van der Waals surface area contributed by atoms with Crippen LogP contribution in [-0.4, -0.2) is 0 Å². The summed E-state index contributed by atoms with van der Waals surface area (Å²) in [6.45, 7) is 6.39. The molecule has 0 aliphatic carbocycles. The number of nitrogens with one attached hydrogen (secondary N) is 1. The third-order valence-corrected chi connectivity index (χ3v) is 4.27. The number of halogens is 1. The highest BCUT2D eigenvalue weighted by Gasteiger charge is 2.20. The zero-order valence-electron chi connectivity index (χ0n) is 11.6. The Morgan fingerprint density at radius 2 is 1.79 bits per heavy atom. The van der Waals surface area contributed by atoms with Crippen LogP contribution in [0.2, 0.25) is 0 Å². The average Bonchev–Trinajstić information content (AvgIpc) is 2.89. The van der Waals surface area contributed by atoms with E-state index in [4.69, 9.17) is 0 Å². The molecule has 1 aromatic heterocycles. The van der Waals surface area contributed by atoms with Crippen LogP contribution >= 0.6 is 11.3 Å². The molecular formula is C16H20FNS. The highest BCUT2D eigenvalue weighted by Crippen LogP contribution is 2.29. The van der Waals surface area contributed by atoms with Crippen LogP contribution in [0.25, 0.3) is 0 Å². The van der Waals surface area contributed by atoms with Crippen molar-refractivity contribution in [1.29, 1.82) is 0 Å². The van der Waals surface area contributed by atoms with E-state index in [2.05, 4.69) is 36.7 Å². The van der Waals surface area contributed by atoms with E-state index in [1.54, 1.807) is 17.4 Å². The van der Waals surface area contributed by atoms with Crippen molar-refractivity contribution in [3.63, 3.8) is 0 Å². The van der Waals surface area contributed by atoms with Crippen LogP contribution in [0.15, 0.2) is 41.8 Å². The Morgan fingerprint density at radius 1 is 1.05 bits per heavy atom. The lowest BCUT2D eigenvalue weighted by molar-refractivity contribution is 0.373. The minimum atomic E-state index is -0.142. The molecule has 0 aliphatic rings. The van der Waals surface area contributed by atoms with E-state index in [-0.39, 0.29) is 17.9 Å². The molecule has 1 aromatic carbocycles. The summed E-state index contributed by atoms with van der Waals surface area (Å²) >= 11 is 1.74. The molecule has 1 heterocycles. The highest BCUT2D eigenvalue weighted by atomic mass is 32.1. The lowest BCUT2D eigenvalue weighted by Gasteiger charge is -2.26. The molecular weight excluding hydrogens is 257 g/mol. The molecule has 0 bridgehead atoms. The average molecular weight is 277 g/mol. The van der Waals surface area contributed by atoms with Crippen molar-refractivity contribution in [3.05, 3.63) is 58.0 Å². The highest BCUT2D eigenvalue weighted by molar-refractivity contribution is 7.10. The summed E-state index contributed by atoms with van der Waals surface area (Å²) in [7, 11) is 0. The predicted octanol–water partition coefficient (Wildman–Crippen LogP) is 4.94. The van der Waals surface area contributed by atoms with Gasteiger partial charge in [-0.05, 0) is 30.4 Å². The fourth-order valence-electron chi connectivity index (χ4n) is 2.26. The topological polar surface area (TPSA) is 12.0 Å². The molecule has 102 valence electrons. The number of hydrogen-bond donors (Lipinski definition) is 1. The van der Waals surface area contributed by atoms with Gasteiger partial charge in [-0.3, -0.25) is 0 Å². The number of benzene rings is 1. The monoisotopic (exact) mass is 277 g/mol. The van der Waals surface area contributed by atoms with E-state index in [1.807, 2.05) is 19.1 Å². The molecule has 1 N–H and O–H groups in total. The van der Waals surface area contributed by atoms with Gasteiger partial charge in [0.2, 0.25) is 0 Å². The zero-order chi connectivity index (χ0) is 13.8. The molecule has 0 aliphatic heterocycles. The molecule has 1 nitrogen and oxygen atoms in total. The van der Waals surface area contributed by atoms with Gasteiger partial charge in [-0.2, -0.15) is 0 Å². The van der Waals surface area contributed by atoms with Crippen molar-refractivity contribution in [2.45, 2.75) is 32.9 Å². The van der Waals surface area contributed by atoms with E-state index < -0.39 is 0 Å². The second-order valence-electron chi connectivity index (χ2n) is 5.15. The van der Waals surface area contributed by atoms with Gasteiger partial charge in [-0.25, -0.2) is 4.39 Å². The Morgan fingerprint density at radius 3 is 2.37 bits per heavy atom. The minimum absolute atomic E-state index is 0.00398. The van der Waals surface area contributed by atoms with Crippen LogP contribution in [-0.2, 0) is 0 Å². The van der Waals surface area contributed by atoms with Crippen LogP contribution < -0.4 is 5.32 Å². The van der Waals surface area contributed by atoms with Gasteiger partial charge in [0.05, 0.1) is 0 Å². The fourth-order valence-corrected chi connectivity index (χ4v) is 3.21. The van der Waals surface area contributed by atoms with Gasteiger partial charge >= 0.3 is 0 Å². The summed E-state index contributed by atoms with van der Waals surface area (Å²) < 4.78 is 13.8. The quantitative estimate of drug-likeness (QED) is 0.816. The zero-order valence-corrected chi connectivity index (χ0v) is 12.4. The Hall–Kier alpha value is -1.19. The first-order valence-electron chi connectivity index (χ1n) is 6.63. The molecule has 2 atom stereocenters. The van der Waals surface area contributed by atoms with Gasteiger partial charge < -0.3 is 5.32 Å². The van der Waals surface area contributed by atoms with Gasteiger partial charge in [0.15, 0.2) is 0 Å². The van der Waals surface area contributed by atoms with Crippen LogP contribution in [0.1, 0.15) is 43.3 Å². The van der Waals surface area contributed by atoms with Crippen molar-refractivity contribution in [1.82, 2.24) is 5.32 Å². The first kappa shape index (κ1) is 14.2. The molecule has 2 rings (SSSR count). The molecule has 0 fully saturated rings. The summed E-state index contributed by atoms with van der Waals surface area (Å²) in [5.41, 5.74) is 0.727. The van der Waals surface area contributed by atoms with Gasteiger partial charge in [0, 0.05) is 22.5 Å². The molecule has 0 spiro atoms. The van der Waals surface area contributed by atoms with Crippen molar-refractivity contribution in [2.24, 2.45) is 5.92 Å². The second-order valence-corrected chi connectivity index (χ2v) is 6.13. The predicted molar refractivity (Wildman–Crippen MR) is 79.8 cm³/mol. The summed E-state index contributed by atoms with van der Waals surface area (Å²) in [6, 6.07) is 11.4. The summed E-state index contributed by atoms with van der Waals surface area (Å²) in [5.74, 6) is 0.323. The van der Waals surface area contributed by atoms with Crippen molar-refractivity contribution in [2.75, 3.05) is 0 Å². The molecule has 0 saturated carbocycles. The van der Waals surface area contributed by atoms with Gasteiger partial charge in [-0.15, -0.1) is 11.3 Å². The van der Waals surface area contributed by atoms with Crippen LogP contribution in [0.4, 0.5) is 4.39 Å². The second kappa shape index (κ2) is 6.31. The Labute approximate surface area is 118 Å². The maximum Gasteiger partial charge on any atom is 0.127 e. The Kier molecular flexibility index (Phi) is 4.72. The van der Waals surface area contributed by atoms with E-state index in [0.717, 1.165) is 5.56 Å². The molecule has 19 heavy (non-hydrogen) atoms. The van der Waals surface area contributed by atoms with Gasteiger partial charge in [0.1, 0.15) is 5.82 Å². The smallest absolute Gasteiger partial charge is 0.127 e. The molecule has 3 heteroatoms. The lowest BCUT2D eigenvalue weighted by atomic mass is 9.99. The van der Waals surface area contributed by atoms with Crippen LogP contribution in [0.3, 0.4) is 0 Å². The first-order valence-corrected chi connectivity index (χ1v) is 7.51. The van der Waals surface area contributed by atoms with E-state index in [9.17, 15) is 4.39 Å². The van der Waals surface area contributed by atoms with Crippen molar-refractivity contribution < 1.29 is 4.39 Å². The number of rotatable bonds is 5. The SMILES string of the molecule is CC(C)C(N[C@H](C)c1ccccc1F)c1cccs1. The van der Waals surface area contributed by atoms with Crippen molar-refractivity contribution in [3.8, 4) is 0 Å². The maximum absolute atomic E-state index is 13.8. The first-order chi connectivity index (χ1) is 9.09. The molecule has 2 aromatic rings. The fraction of sp³-hybridized carbons (Fsp3) is 0.375. The Bertz CT molecular complexity index is 507. The van der Waals surface area contributed by atoms with Gasteiger partial charge in [0.25, 0.3) is 0 Å². The molecule has 1 unspecified atom stereocenters. The van der Waals surface area contributed by atoms with E-state index in [1.165, 1.54) is 10.9 Å². The number of hydrogen-bond acceptors (Lipinski definition) is 2. The largest absolute Gasteiger partial charge is 0.302 e. The number of thiophene rings is 1. The summed E-state index contributed by atoms with van der Waals surface area (Å²) in [4.78, 5) is 1.30. The summed E-state index contributed by atoms with van der Waals surface area (Å²) in [5, 5.41) is 5.63. The lowest BCUT2D eigenvalue weighted by Crippen LogP contribution is -2.28. The third-order valence-electron chi connectivity index (χ3n) is 3.32. The molecule has 0 amide bonds. The van der Waals surface area contributed by atoms with E-state index >= 15 is 0 Å². The van der Waals surface area contributed by atoms with E-state index in [0.29, 0.717) is 5.92 Å². The third kappa shape index (κ3) is 3.43. The molecule has 0 saturated heterocycles. The maximum atomic E-state index is 13.8.